The Morgan fingerprint density at radius 1 is 0.553 bits per heavy atom. The first-order valence-electron chi connectivity index (χ1n) is 16.6. The summed E-state index contributed by atoms with van der Waals surface area (Å²) in [6, 6.07) is 0. The highest BCUT2D eigenvalue weighted by Gasteiger charge is 2.19. The number of nitrogens with two attached hydrogens (primary N) is 1. The fourth-order valence-corrected chi connectivity index (χ4v) is 5.19. The second-order valence-electron chi connectivity index (χ2n) is 12.0. The van der Waals surface area contributed by atoms with Crippen molar-refractivity contribution in [2.45, 2.75) is 176 Å². The Kier molecular flexibility index (Phi) is 33.4. The summed E-state index contributed by atoms with van der Waals surface area (Å²) in [7, 11) is -3.83. The average Bonchev–Trinajstić information content (AvgIpc) is 2.86. The van der Waals surface area contributed by atoms with Crippen molar-refractivity contribution in [1.29, 1.82) is 0 Å². The molecule has 0 saturated heterocycles. The van der Waals surface area contributed by atoms with E-state index in [1.54, 1.807) is 0 Å². The molecule has 0 aromatic rings. The van der Waals surface area contributed by atoms with E-state index in [9.17, 15) is 9.46 Å². The van der Waals surface area contributed by atoms with Gasteiger partial charge < -0.3 is 10.6 Å². The largest absolute Gasteiger partial charge is 0.472 e. The minimum absolute atomic E-state index is 0.305. The van der Waals surface area contributed by atoms with Crippen LogP contribution in [0.25, 0.3) is 0 Å². The Bertz CT molecular complexity index is 450. The van der Waals surface area contributed by atoms with Crippen LogP contribution < -0.4 is 5.73 Å². The minimum Gasteiger partial charge on any atom is -0.330 e. The highest BCUT2D eigenvalue weighted by molar-refractivity contribution is 7.47. The maximum absolute atomic E-state index is 11.6. The SMILES string of the molecule is CC(C)CCCCCOP(=O)(O)OCCCCCC(C)C.CCCCCCCCCCCCCCCCN. The fraction of sp³-hybridized carbons (Fsp3) is 1.00. The van der Waals surface area contributed by atoms with Gasteiger partial charge in [0.2, 0.25) is 0 Å². The van der Waals surface area contributed by atoms with Crippen LogP contribution in [-0.2, 0) is 13.6 Å². The lowest BCUT2D eigenvalue weighted by Gasteiger charge is -2.12. The van der Waals surface area contributed by atoms with Gasteiger partial charge in [0.15, 0.2) is 0 Å². The molecule has 0 spiro atoms. The molecule has 38 heavy (non-hydrogen) atoms. The van der Waals surface area contributed by atoms with Gasteiger partial charge in [-0.05, 0) is 37.6 Å². The Morgan fingerprint density at radius 2 is 0.868 bits per heavy atom. The van der Waals surface area contributed by atoms with Crippen LogP contribution in [0.15, 0.2) is 0 Å². The van der Waals surface area contributed by atoms with E-state index in [-0.39, 0.29) is 0 Å². The van der Waals surface area contributed by atoms with Crippen molar-refractivity contribution in [3.63, 3.8) is 0 Å². The molecule has 0 saturated carbocycles. The van der Waals surface area contributed by atoms with E-state index >= 15 is 0 Å². The van der Waals surface area contributed by atoms with Crippen LogP contribution in [0.3, 0.4) is 0 Å². The third kappa shape index (κ3) is 38.2. The molecule has 0 rings (SSSR count). The van der Waals surface area contributed by atoms with Crippen LogP contribution >= 0.6 is 7.82 Å². The average molecular weight is 564 g/mol. The molecule has 5 nitrogen and oxygen atoms in total. The molecule has 0 heterocycles. The van der Waals surface area contributed by atoms with Crippen molar-refractivity contribution < 1.29 is 18.5 Å². The second-order valence-corrected chi connectivity index (χ2v) is 13.5. The van der Waals surface area contributed by atoms with Crippen LogP contribution in [0.2, 0.25) is 0 Å². The Hall–Kier alpha value is 0.0700. The zero-order chi connectivity index (χ0) is 28.7. The van der Waals surface area contributed by atoms with Crippen molar-refractivity contribution in [1.82, 2.24) is 0 Å². The van der Waals surface area contributed by atoms with Gasteiger partial charge in [0.1, 0.15) is 0 Å². The number of rotatable bonds is 28. The van der Waals surface area contributed by atoms with Crippen LogP contribution in [0.5, 0.6) is 0 Å². The standard InChI is InChI=1S/C16H35N.C16H35O4P/c1-2-3-4-5-6-7-8-9-10-11-12-13-14-15-16-17;1-15(2)11-7-5-9-13-19-21(17,18)20-14-10-6-8-12-16(3)4/h2-17H2,1H3;15-16H,5-14H2,1-4H3,(H,17,18). The van der Waals surface area contributed by atoms with E-state index in [0.29, 0.717) is 25.0 Å². The van der Waals surface area contributed by atoms with E-state index in [0.717, 1.165) is 45.1 Å². The van der Waals surface area contributed by atoms with Crippen LogP contribution in [-0.4, -0.2) is 24.7 Å². The summed E-state index contributed by atoms with van der Waals surface area (Å²) in [5.41, 5.74) is 5.47. The molecule has 0 aliphatic carbocycles. The van der Waals surface area contributed by atoms with Crippen molar-refractivity contribution in [2.24, 2.45) is 17.6 Å². The lowest BCUT2D eigenvalue weighted by Crippen LogP contribution is -1.99. The molecule has 0 aliphatic heterocycles. The van der Waals surface area contributed by atoms with Crippen LogP contribution in [0.4, 0.5) is 0 Å². The first-order chi connectivity index (χ1) is 18.2. The number of hydrogen-bond donors (Lipinski definition) is 2. The molecule has 6 heteroatoms. The first kappa shape index (κ1) is 40.2. The van der Waals surface area contributed by atoms with Crippen molar-refractivity contribution >= 4 is 7.82 Å². The van der Waals surface area contributed by atoms with Gasteiger partial charge in [0.25, 0.3) is 0 Å². The minimum atomic E-state index is -3.83. The Balaban J connectivity index is 0. The first-order valence-corrected chi connectivity index (χ1v) is 18.1. The maximum atomic E-state index is 11.6. The Labute approximate surface area is 239 Å². The monoisotopic (exact) mass is 564 g/mol. The summed E-state index contributed by atoms with van der Waals surface area (Å²) in [6.45, 7) is 12.6. The molecule has 0 fully saturated rings. The predicted molar refractivity (Wildman–Crippen MR) is 168 cm³/mol. The molecule has 0 aliphatic rings. The normalized spacial score (nSPS) is 11.8. The van der Waals surface area contributed by atoms with E-state index < -0.39 is 7.82 Å². The zero-order valence-corrected chi connectivity index (χ0v) is 27.4. The predicted octanol–water partition coefficient (Wildman–Crippen LogP) is 11.0. The molecule has 0 amide bonds. The summed E-state index contributed by atoms with van der Waals surface area (Å²) < 4.78 is 21.5. The third-order valence-electron chi connectivity index (χ3n) is 6.92. The topological polar surface area (TPSA) is 81.8 Å². The second kappa shape index (κ2) is 31.6. The molecule has 0 aromatic carbocycles. The van der Waals surface area contributed by atoms with Crippen molar-refractivity contribution in [2.75, 3.05) is 19.8 Å². The smallest absolute Gasteiger partial charge is 0.330 e. The van der Waals surface area contributed by atoms with Gasteiger partial charge in [-0.3, -0.25) is 9.05 Å². The van der Waals surface area contributed by atoms with E-state index in [4.69, 9.17) is 14.8 Å². The highest BCUT2D eigenvalue weighted by atomic mass is 31.2. The van der Waals surface area contributed by atoms with Crippen LogP contribution in [0, 0.1) is 11.8 Å². The fourth-order valence-electron chi connectivity index (χ4n) is 4.40. The summed E-state index contributed by atoms with van der Waals surface area (Å²) >= 11 is 0. The number of hydrogen-bond acceptors (Lipinski definition) is 4. The molecule has 0 aromatic heterocycles. The summed E-state index contributed by atoms with van der Waals surface area (Å²) in [4.78, 5) is 9.52. The van der Waals surface area contributed by atoms with Crippen LogP contribution in [0.1, 0.15) is 176 Å². The molecule has 232 valence electrons. The van der Waals surface area contributed by atoms with E-state index in [2.05, 4.69) is 34.6 Å². The molecular formula is C32H70NO4P. The van der Waals surface area contributed by atoms with Gasteiger partial charge in [-0.25, -0.2) is 4.57 Å². The third-order valence-corrected chi connectivity index (χ3v) is 7.94. The van der Waals surface area contributed by atoms with Gasteiger partial charge in [0, 0.05) is 0 Å². The maximum Gasteiger partial charge on any atom is 0.472 e. The quantitative estimate of drug-likeness (QED) is 0.0730. The summed E-state index contributed by atoms with van der Waals surface area (Å²) in [5.74, 6) is 1.43. The van der Waals surface area contributed by atoms with Crippen molar-refractivity contribution in [3.05, 3.63) is 0 Å². The van der Waals surface area contributed by atoms with Gasteiger partial charge in [0.05, 0.1) is 13.2 Å². The van der Waals surface area contributed by atoms with Crippen molar-refractivity contribution in [3.8, 4) is 0 Å². The summed E-state index contributed by atoms with van der Waals surface area (Å²) in [5, 5.41) is 0. The molecule has 0 unspecified atom stereocenters. The number of phosphoric acid groups is 1. The number of phosphoric ester groups is 1. The van der Waals surface area contributed by atoms with E-state index in [1.165, 1.54) is 103 Å². The van der Waals surface area contributed by atoms with Gasteiger partial charge in [-0.15, -0.1) is 0 Å². The summed E-state index contributed by atoms with van der Waals surface area (Å²) in [6.07, 6.45) is 28.3. The highest BCUT2D eigenvalue weighted by Crippen LogP contribution is 2.43. The Morgan fingerprint density at radius 3 is 1.18 bits per heavy atom. The van der Waals surface area contributed by atoms with Gasteiger partial charge >= 0.3 is 7.82 Å². The molecule has 3 N–H and O–H groups in total. The van der Waals surface area contributed by atoms with Gasteiger partial charge in [-0.2, -0.15) is 0 Å². The number of unbranched alkanes of at least 4 members (excludes halogenated alkanes) is 17. The van der Waals surface area contributed by atoms with Gasteiger partial charge in [-0.1, -0.05) is 157 Å². The molecule has 0 radical (unpaired) electrons. The lowest BCUT2D eigenvalue weighted by molar-refractivity contribution is 0.145. The molecule has 0 atom stereocenters. The zero-order valence-electron chi connectivity index (χ0n) is 26.5. The lowest BCUT2D eigenvalue weighted by atomic mass is 10.0. The molecular weight excluding hydrogens is 493 g/mol. The van der Waals surface area contributed by atoms with E-state index in [1.807, 2.05) is 0 Å². The molecule has 0 bridgehead atoms.